The summed E-state index contributed by atoms with van der Waals surface area (Å²) in [7, 11) is 0. The molecule has 2 aromatic rings. The van der Waals surface area contributed by atoms with Gasteiger partial charge in [0.25, 0.3) is 0 Å². The third-order valence-corrected chi connectivity index (χ3v) is 3.52. The van der Waals surface area contributed by atoms with Crippen molar-refractivity contribution < 1.29 is 18.0 Å². The van der Waals surface area contributed by atoms with Crippen molar-refractivity contribution >= 4 is 29.0 Å². The molecule has 0 spiro atoms. The van der Waals surface area contributed by atoms with E-state index in [9.17, 15) is 18.0 Å². The van der Waals surface area contributed by atoms with E-state index in [4.69, 9.17) is 23.2 Å². The fraction of sp³-hybridized carbons (Fsp3) is 0.133. The average molecular weight is 333 g/mol. The van der Waals surface area contributed by atoms with E-state index in [1.165, 1.54) is 25.1 Å². The normalized spacial score (nSPS) is 11.5. The number of halogens is 5. The maximum atomic E-state index is 12.6. The molecule has 2 aromatic carbocycles. The van der Waals surface area contributed by atoms with Crippen molar-refractivity contribution in [3.8, 4) is 0 Å². The molecule has 0 atom stereocenters. The lowest BCUT2D eigenvalue weighted by atomic mass is 9.97. The Morgan fingerprint density at radius 3 is 2.14 bits per heavy atom. The maximum Gasteiger partial charge on any atom is 0.416 e. The zero-order valence-corrected chi connectivity index (χ0v) is 12.3. The van der Waals surface area contributed by atoms with Crippen LogP contribution < -0.4 is 0 Å². The Labute approximate surface area is 129 Å². The van der Waals surface area contributed by atoms with Crippen molar-refractivity contribution in [2.45, 2.75) is 13.1 Å². The summed E-state index contributed by atoms with van der Waals surface area (Å²) < 4.78 is 37.8. The predicted octanol–water partition coefficient (Wildman–Crippen LogP) is 5.55. The first-order valence-electron chi connectivity index (χ1n) is 5.88. The van der Waals surface area contributed by atoms with Gasteiger partial charge in [0.15, 0.2) is 5.78 Å². The second-order valence-electron chi connectivity index (χ2n) is 4.48. The monoisotopic (exact) mass is 332 g/mol. The number of hydrogen-bond acceptors (Lipinski definition) is 1. The highest BCUT2D eigenvalue weighted by molar-refractivity contribution is 6.37. The van der Waals surface area contributed by atoms with Crippen molar-refractivity contribution in [3.05, 3.63) is 68.7 Å². The van der Waals surface area contributed by atoms with Crippen molar-refractivity contribution in [2.24, 2.45) is 0 Å². The van der Waals surface area contributed by atoms with E-state index < -0.39 is 17.5 Å². The molecule has 110 valence electrons. The van der Waals surface area contributed by atoms with Crippen molar-refractivity contribution in [2.75, 3.05) is 0 Å². The van der Waals surface area contributed by atoms with Gasteiger partial charge in [-0.2, -0.15) is 13.2 Å². The Kier molecular flexibility index (Phi) is 4.30. The molecule has 0 aromatic heterocycles. The van der Waals surface area contributed by atoms with Gasteiger partial charge in [0.05, 0.1) is 10.6 Å². The molecule has 2 rings (SSSR count). The van der Waals surface area contributed by atoms with E-state index in [-0.39, 0.29) is 21.7 Å². The first-order chi connectivity index (χ1) is 9.70. The average Bonchev–Trinajstić information content (AvgIpc) is 2.36. The van der Waals surface area contributed by atoms with Gasteiger partial charge in [-0.25, -0.2) is 0 Å². The van der Waals surface area contributed by atoms with E-state index in [0.717, 1.165) is 18.2 Å². The summed E-state index contributed by atoms with van der Waals surface area (Å²) in [5, 5.41) is 0.535. The first-order valence-corrected chi connectivity index (χ1v) is 6.63. The Bertz CT molecular complexity index is 709. The minimum absolute atomic E-state index is 0.159. The Morgan fingerprint density at radius 2 is 1.62 bits per heavy atom. The van der Waals surface area contributed by atoms with E-state index in [2.05, 4.69) is 0 Å². The van der Waals surface area contributed by atoms with Crippen LogP contribution in [-0.4, -0.2) is 5.78 Å². The Balaban J connectivity index is 2.45. The summed E-state index contributed by atoms with van der Waals surface area (Å²) >= 11 is 11.7. The topological polar surface area (TPSA) is 17.1 Å². The minimum Gasteiger partial charge on any atom is -0.289 e. The summed E-state index contributed by atoms with van der Waals surface area (Å²) in [6.45, 7) is 1.45. The van der Waals surface area contributed by atoms with Crippen LogP contribution in [0.1, 0.15) is 27.0 Å². The third kappa shape index (κ3) is 3.39. The van der Waals surface area contributed by atoms with E-state index in [0.29, 0.717) is 5.02 Å². The SMILES string of the molecule is Cc1cc(C(F)(F)F)ccc1C(=O)c1ccc(Cl)cc1Cl. The number of ketones is 1. The number of rotatable bonds is 2. The number of carbonyl (C=O) groups is 1. The van der Waals surface area contributed by atoms with Crippen LogP contribution in [0.2, 0.25) is 10.0 Å². The van der Waals surface area contributed by atoms with Gasteiger partial charge in [-0.3, -0.25) is 4.79 Å². The molecule has 0 bridgehead atoms. The molecule has 0 saturated carbocycles. The number of alkyl halides is 3. The number of benzene rings is 2. The molecule has 0 radical (unpaired) electrons. The maximum absolute atomic E-state index is 12.6. The van der Waals surface area contributed by atoms with Crippen molar-refractivity contribution in [1.29, 1.82) is 0 Å². The second-order valence-corrected chi connectivity index (χ2v) is 5.32. The molecule has 0 N–H and O–H groups in total. The molecule has 0 aliphatic carbocycles. The van der Waals surface area contributed by atoms with Crippen LogP contribution in [0.3, 0.4) is 0 Å². The molecule has 0 aliphatic heterocycles. The lowest BCUT2D eigenvalue weighted by Crippen LogP contribution is -2.09. The summed E-state index contributed by atoms with van der Waals surface area (Å²) in [5.41, 5.74) is -0.184. The van der Waals surface area contributed by atoms with E-state index >= 15 is 0 Å². The van der Waals surface area contributed by atoms with Gasteiger partial charge in [-0.1, -0.05) is 29.3 Å². The van der Waals surface area contributed by atoms with E-state index in [1.54, 1.807) is 0 Å². The zero-order chi connectivity index (χ0) is 15.8. The predicted molar refractivity (Wildman–Crippen MR) is 76.1 cm³/mol. The standard InChI is InChI=1S/C15H9Cl2F3O/c1-8-6-9(15(18,19)20)2-4-11(8)14(21)12-5-3-10(16)7-13(12)17/h2-7H,1H3. The largest absolute Gasteiger partial charge is 0.416 e. The molecule has 0 amide bonds. The van der Waals surface area contributed by atoms with Gasteiger partial charge in [-0.05, 0) is 42.8 Å². The van der Waals surface area contributed by atoms with Crippen LogP contribution in [0.5, 0.6) is 0 Å². The summed E-state index contributed by atoms with van der Waals surface area (Å²) in [6, 6.07) is 7.34. The molecule has 21 heavy (non-hydrogen) atoms. The fourth-order valence-corrected chi connectivity index (χ4v) is 2.41. The number of carbonyl (C=O) groups excluding carboxylic acids is 1. The molecular weight excluding hydrogens is 324 g/mol. The molecule has 0 aliphatic rings. The van der Waals surface area contributed by atoms with Crippen molar-refractivity contribution in [3.63, 3.8) is 0 Å². The van der Waals surface area contributed by atoms with Crippen LogP contribution in [0.4, 0.5) is 13.2 Å². The van der Waals surface area contributed by atoms with Gasteiger partial charge in [0, 0.05) is 16.1 Å². The van der Waals surface area contributed by atoms with Crippen molar-refractivity contribution in [1.82, 2.24) is 0 Å². The molecule has 1 nitrogen and oxygen atoms in total. The van der Waals surface area contributed by atoms with Gasteiger partial charge < -0.3 is 0 Å². The fourth-order valence-electron chi connectivity index (χ4n) is 1.91. The molecule has 0 heterocycles. The molecule has 0 unspecified atom stereocenters. The second kappa shape index (κ2) is 5.70. The zero-order valence-electron chi connectivity index (χ0n) is 10.8. The van der Waals surface area contributed by atoms with Gasteiger partial charge in [0.1, 0.15) is 0 Å². The quantitative estimate of drug-likeness (QED) is 0.659. The Morgan fingerprint density at radius 1 is 1.00 bits per heavy atom. The summed E-state index contributed by atoms with van der Waals surface area (Å²) in [5.74, 6) is -0.442. The van der Waals surface area contributed by atoms with Crippen LogP contribution in [0.25, 0.3) is 0 Å². The molecule has 6 heteroatoms. The van der Waals surface area contributed by atoms with Crippen LogP contribution in [0.15, 0.2) is 36.4 Å². The smallest absolute Gasteiger partial charge is 0.289 e. The number of hydrogen-bond donors (Lipinski definition) is 0. The molecule has 0 fully saturated rings. The van der Waals surface area contributed by atoms with Crippen LogP contribution in [0, 0.1) is 6.92 Å². The number of aryl methyl sites for hydroxylation is 1. The van der Waals surface area contributed by atoms with Gasteiger partial charge in [-0.15, -0.1) is 0 Å². The van der Waals surface area contributed by atoms with Crippen LogP contribution in [-0.2, 0) is 6.18 Å². The third-order valence-electron chi connectivity index (χ3n) is 2.97. The highest BCUT2D eigenvalue weighted by atomic mass is 35.5. The summed E-state index contributed by atoms with van der Waals surface area (Å²) in [4.78, 5) is 12.4. The lowest BCUT2D eigenvalue weighted by molar-refractivity contribution is -0.137. The van der Waals surface area contributed by atoms with E-state index in [1.807, 2.05) is 0 Å². The summed E-state index contributed by atoms with van der Waals surface area (Å²) in [6.07, 6.45) is -4.44. The van der Waals surface area contributed by atoms with Crippen LogP contribution >= 0.6 is 23.2 Å². The molecular formula is C15H9Cl2F3O. The highest BCUT2D eigenvalue weighted by Crippen LogP contribution is 2.31. The van der Waals surface area contributed by atoms with Gasteiger partial charge in [0.2, 0.25) is 0 Å². The Hall–Kier alpha value is -1.52. The lowest BCUT2D eigenvalue weighted by Gasteiger charge is -2.11. The first kappa shape index (κ1) is 15.9. The minimum atomic E-state index is -4.44. The molecule has 0 saturated heterocycles. The highest BCUT2D eigenvalue weighted by Gasteiger charge is 2.31. The van der Waals surface area contributed by atoms with Gasteiger partial charge >= 0.3 is 6.18 Å².